The van der Waals surface area contributed by atoms with E-state index in [-0.39, 0.29) is 13.1 Å². The molecule has 0 saturated heterocycles. The van der Waals surface area contributed by atoms with Gasteiger partial charge in [0, 0.05) is 24.2 Å². The van der Waals surface area contributed by atoms with Gasteiger partial charge in [-0.1, -0.05) is 23.8 Å². The van der Waals surface area contributed by atoms with Crippen molar-refractivity contribution in [3.8, 4) is 5.75 Å². The first-order valence-electron chi connectivity index (χ1n) is 6.60. The lowest BCUT2D eigenvalue weighted by Gasteiger charge is -2.19. The summed E-state index contributed by atoms with van der Waals surface area (Å²) in [5.41, 5.74) is 1.15. The molecule has 0 aliphatic carbocycles. The van der Waals surface area contributed by atoms with Crippen molar-refractivity contribution in [3.05, 3.63) is 48.0 Å². The molecule has 0 unspecified atom stereocenters. The molecule has 1 aromatic carbocycles. The third-order valence-corrected chi connectivity index (χ3v) is 3.32. The molecule has 0 spiro atoms. The van der Waals surface area contributed by atoms with E-state index in [1.165, 1.54) is 12.0 Å². The van der Waals surface area contributed by atoms with Crippen molar-refractivity contribution in [2.24, 2.45) is 0 Å². The van der Waals surface area contributed by atoms with Crippen LogP contribution in [0.25, 0.3) is 0 Å². The van der Waals surface area contributed by atoms with Crippen LogP contribution in [-0.4, -0.2) is 36.9 Å². The summed E-state index contributed by atoms with van der Waals surface area (Å²) in [6.45, 7) is 9.44. The van der Waals surface area contributed by atoms with Crippen LogP contribution < -0.4 is 10.1 Å². The number of carbonyl (C=O) groups excluding carboxylic acids is 2. The number of anilines is 1. The first-order valence-corrected chi connectivity index (χ1v) is 6.98. The minimum atomic E-state index is -0.760. The van der Waals surface area contributed by atoms with E-state index in [1.54, 1.807) is 31.2 Å². The van der Waals surface area contributed by atoms with E-state index in [2.05, 4.69) is 18.5 Å². The van der Waals surface area contributed by atoms with Crippen molar-refractivity contribution < 1.29 is 14.3 Å². The molecule has 22 heavy (non-hydrogen) atoms. The van der Waals surface area contributed by atoms with Gasteiger partial charge in [0.2, 0.25) is 0 Å². The maximum absolute atomic E-state index is 12.1. The third kappa shape index (κ3) is 4.36. The summed E-state index contributed by atoms with van der Waals surface area (Å²) in [6.07, 6.45) is 3.09. The first-order chi connectivity index (χ1) is 10.4. The van der Waals surface area contributed by atoms with Crippen molar-refractivity contribution >= 4 is 29.1 Å². The Hall–Kier alpha value is -2.27. The topological polar surface area (TPSA) is 58.6 Å². The lowest BCUT2D eigenvalue weighted by Crippen LogP contribution is -2.40. The van der Waals surface area contributed by atoms with Gasteiger partial charge >= 0.3 is 11.8 Å². The van der Waals surface area contributed by atoms with E-state index in [4.69, 9.17) is 16.3 Å². The molecule has 5 nitrogen and oxygen atoms in total. The minimum absolute atomic E-state index is 0.259. The van der Waals surface area contributed by atoms with Crippen LogP contribution in [0.3, 0.4) is 0 Å². The number of nitrogens with one attached hydrogen (secondary N) is 1. The molecule has 0 radical (unpaired) electrons. The molecular formula is C16H19ClN2O3. The van der Waals surface area contributed by atoms with E-state index in [1.807, 2.05) is 0 Å². The Morgan fingerprint density at radius 1 is 1.32 bits per heavy atom. The molecule has 1 aromatic rings. The van der Waals surface area contributed by atoms with Crippen LogP contribution in [0.2, 0.25) is 5.02 Å². The third-order valence-electron chi connectivity index (χ3n) is 2.91. The van der Waals surface area contributed by atoms with Crippen LogP contribution in [0.5, 0.6) is 5.75 Å². The predicted molar refractivity (Wildman–Crippen MR) is 88.3 cm³/mol. The van der Waals surface area contributed by atoms with Crippen LogP contribution in [0, 0.1) is 6.92 Å². The van der Waals surface area contributed by atoms with Crippen LogP contribution in [0.4, 0.5) is 5.69 Å². The number of hydrogen-bond donors (Lipinski definition) is 1. The highest BCUT2D eigenvalue weighted by atomic mass is 35.5. The number of halogens is 1. The Kier molecular flexibility index (Phi) is 6.66. The van der Waals surface area contributed by atoms with Gasteiger partial charge in [0.15, 0.2) is 0 Å². The minimum Gasteiger partial charge on any atom is -0.495 e. The summed E-state index contributed by atoms with van der Waals surface area (Å²) >= 11 is 6.01. The summed E-state index contributed by atoms with van der Waals surface area (Å²) in [5, 5.41) is 3.06. The van der Waals surface area contributed by atoms with Crippen molar-refractivity contribution in [3.63, 3.8) is 0 Å². The van der Waals surface area contributed by atoms with E-state index in [9.17, 15) is 9.59 Å². The standard InChI is InChI=1S/C16H19ClN2O3/c1-5-7-19(8-6-2)16(21)15(20)18-13-9-11(3)12(17)10-14(13)22-4/h5-6,9-10H,1-2,7-8H2,3-4H3,(H,18,20). The molecule has 2 amide bonds. The second-order valence-electron chi connectivity index (χ2n) is 4.54. The van der Waals surface area contributed by atoms with Gasteiger partial charge in [0.1, 0.15) is 5.75 Å². The monoisotopic (exact) mass is 322 g/mol. The Balaban J connectivity index is 2.96. The van der Waals surface area contributed by atoms with Crippen molar-refractivity contribution in [2.75, 3.05) is 25.5 Å². The lowest BCUT2D eigenvalue weighted by atomic mass is 10.2. The van der Waals surface area contributed by atoms with E-state index < -0.39 is 11.8 Å². The SMILES string of the molecule is C=CCN(CC=C)C(=O)C(=O)Nc1cc(C)c(Cl)cc1OC. The molecule has 0 bridgehead atoms. The average molecular weight is 323 g/mol. The maximum atomic E-state index is 12.1. The van der Waals surface area contributed by atoms with E-state index in [0.717, 1.165) is 5.56 Å². The quantitative estimate of drug-likeness (QED) is 0.647. The van der Waals surface area contributed by atoms with Crippen LogP contribution in [0.1, 0.15) is 5.56 Å². The predicted octanol–water partition coefficient (Wildman–Crippen LogP) is 2.80. The van der Waals surface area contributed by atoms with E-state index >= 15 is 0 Å². The maximum Gasteiger partial charge on any atom is 0.314 e. The zero-order valence-corrected chi connectivity index (χ0v) is 13.4. The average Bonchev–Trinajstić information content (AvgIpc) is 2.49. The van der Waals surface area contributed by atoms with Gasteiger partial charge in [-0.15, -0.1) is 13.2 Å². The number of nitrogens with zero attached hydrogens (tertiary/aromatic N) is 1. The number of methoxy groups -OCH3 is 1. The lowest BCUT2D eigenvalue weighted by molar-refractivity contribution is -0.142. The molecule has 0 fully saturated rings. The summed E-state index contributed by atoms with van der Waals surface area (Å²) in [4.78, 5) is 25.6. The number of benzene rings is 1. The van der Waals surface area contributed by atoms with Gasteiger partial charge in [0.25, 0.3) is 0 Å². The summed E-state index contributed by atoms with van der Waals surface area (Å²) < 4.78 is 5.16. The number of aryl methyl sites for hydroxylation is 1. The number of hydrogen-bond acceptors (Lipinski definition) is 3. The number of carbonyl (C=O) groups is 2. The highest BCUT2D eigenvalue weighted by Gasteiger charge is 2.21. The number of ether oxygens (including phenoxy) is 1. The van der Waals surface area contributed by atoms with Crippen molar-refractivity contribution in [2.45, 2.75) is 6.92 Å². The molecular weight excluding hydrogens is 304 g/mol. The van der Waals surface area contributed by atoms with Gasteiger partial charge in [-0.3, -0.25) is 9.59 Å². The Morgan fingerprint density at radius 3 is 2.41 bits per heavy atom. The second kappa shape index (κ2) is 8.24. The van der Waals surface area contributed by atoms with Gasteiger partial charge in [-0.05, 0) is 18.6 Å². The van der Waals surface area contributed by atoms with Gasteiger partial charge in [0.05, 0.1) is 12.8 Å². The normalized spacial score (nSPS) is 9.77. The fourth-order valence-electron chi connectivity index (χ4n) is 1.80. The molecule has 118 valence electrons. The van der Waals surface area contributed by atoms with E-state index in [0.29, 0.717) is 16.5 Å². The molecule has 0 saturated carbocycles. The molecule has 1 N–H and O–H groups in total. The van der Waals surface area contributed by atoms with Gasteiger partial charge < -0.3 is 15.0 Å². The Labute approximate surface area is 135 Å². The molecule has 0 atom stereocenters. The van der Waals surface area contributed by atoms with Crippen LogP contribution >= 0.6 is 11.6 Å². The summed E-state index contributed by atoms with van der Waals surface area (Å²) in [7, 11) is 1.46. The Bertz CT molecular complexity index is 589. The largest absolute Gasteiger partial charge is 0.495 e. The van der Waals surface area contributed by atoms with Crippen molar-refractivity contribution in [1.29, 1.82) is 0 Å². The zero-order chi connectivity index (χ0) is 16.7. The Morgan fingerprint density at radius 2 is 1.91 bits per heavy atom. The van der Waals surface area contributed by atoms with Crippen LogP contribution in [-0.2, 0) is 9.59 Å². The highest BCUT2D eigenvalue weighted by molar-refractivity contribution is 6.40. The second-order valence-corrected chi connectivity index (χ2v) is 4.95. The molecule has 0 aliphatic rings. The van der Waals surface area contributed by atoms with Crippen molar-refractivity contribution in [1.82, 2.24) is 4.90 Å². The van der Waals surface area contributed by atoms with Gasteiger partial charge in [-0.2, -0.15) is 0 Å². The zero-order valence-electron chi connectivity index (χ0n) is 12.7. The summed E-state index contributed by atoms with van der Waals surface area (Å²) in [6, 6.07) is 3.24. The number of rotatable bonds is 6. The molecule has 0 heterocycles. The fourth-order valence-corrected chi connectivity index (χ4v) is 1.95. The molecule has 0 aliphatic heterocycles. The first kappa shape index (κ1) is 17.8. The number of amides is 2. The molecule has 0 aromatic heterocycles. The fraction of sp³-hybridized carbons (Fsp3) is 0.250. The van der Waals surface area contributed by atoms with Gasteiger partial charge in [-0.25, -0.2) is 0 Å². The van der Waals surface area contributed by atoms with Crippen LogP contribution in [0.15, 0.2) is 37.4 Å². The smallest absolute Gasteiger partial charge is 0.314 e. The molecule has 1 rings (SSSR count). The summed E-state index contributed by atoms with van der Waals surface area (Å²) in [5.74, 6) is -1.05. The molecule has 6 heteroatoms. The highest BCUT2D eigenvalue weighted by Crippen LogP contribution is 2.30.